The van der Waals surface area contributed by atoms with Crippen molar-refractivity contribution < 1.29 is 13.6 Å². The Labute approximate surface area is 110 Å². The summed E-state index contributed by atoms with van der Waals surface area (Å²) in [5.74, 6) is 0.235. The van der Waals surface area contributed by atoms with Crippen LogP contribution in [0, 0.1) is 9.39 Å². The Hall–Kier alpha value is -1.44. The normalized spacial score (nSPS) is 10.2. The van der Waals surface area contributed by atoms with Crippen LogP contribution < -0.4 is 5.32 Å². The summed E-state index contributed by atoms with van der Waals surface area (Å²) >= 11 is 1.91. The minimum absolute atomic E-state index is 0.127. The van der Waals surface area contributed by atoms with E-state index in [4.69, 9.17) is 4.42 Å². The molecule has 0 aliphatic carbocycles. The summed E-state index contributed by atoms with van der Waals surface area (Å²) in [6, 6.07) is 4.72. The topological polar surface area (TPSA) is 55.1 Å². The van der Waals surface area contributed by atoms with Crippen LogP contribution in [0.2, 0.25) is 0 Å². The summed E-state index contributed by atoms with van der Waals surface area (Å²) in [6.07, 6.45) is 2.69. The van der Waals surface area contributed by atoms with Crippen molar-refractivity contribution in [2.24, 2.45) is 0 Å². The maximum atomic E-state index is 12.8. The Balaban J connectivity index is 2.03. The molecule has 0 fully saturated rings. The van der Waals surface area contributed by atoms with Gasteiger partial charge in [-0.05, 0) is 40.8 Å². The van der Waals surface area contributed by atoms with Crippen molar-refractivity contribution in [2.75, 3.05) is 5.32 Å². The average molecular weight is 346 g/mol. The molecule has 0 spiro atoms. The lowest BCUT2D eigenvalue weighted by Gasteiger charge is -2.05. The molecule has 0 radical (unpaired) electrons. The van der Waals surface area contributed by atoms with Gasteiger partial charge < -0.3 is 9.73 Å². The fourth-order valence-electron chi connectivity index (χ4n) is 1.25. The van der Waals surface area contributed by atoms with Crippen LogP contribution >= 0.6 is 22.6 Å². The van der Waals surface area contributed by atoms with Crippen LogP contribution in [-0.2, 0) is 11.2 Å². The maximum Gasteiger partial charge on any atom is 0.233 e. The number of hydrogen-bond acceptors (Lipinski definition) is 3. The van der Waals surface area contributed by atoms with Crippen molar-refractivity contribution in [3.63, 3.8) is 0 Å². The minimum atomic E-state index is -0.432. The Morgan fingerprint density at radius 1 is 1.59 bits per heavy atom. The lowest BCUT2D eigenvalue weighted by molar-refractivity contribution is -0.115. The number of nitrogens with one attached hydrogen (secondary N) is 1. The molecule has 0 unspecified atom stereocenters. The smallest absolute Gasteiger partial charge is 0.233 e. The van der Waals surface area contributed by atoms with Gasteiger partial charge in [0.15, 0.2) is 0 Å². The first-order valence-electron chi connectivity index (χ1n) is 4.78. The monoisotopic (exact) mass is 346 g/mol. The van der Waals surface area contributed by atoms with Crippen LogP contribution in [0.5, 0.6) is 0 Å². The number of carbonyl (C=O) groups excluding carboxylic acids is 1. The average Bonchev–Trinajstić information content (AvgIpc) is 2.75. The van der Waals surface area contributed by atoms with E-state index in [9.17, 15) is 9.18 Å². The summed E-state index contributed by atoms with van der Waals surface area (Å²) in [6.45, 7) is 0. The highest BCUT2D eigenvalue weighted by Crippen LogP contribution is 2.16. The summed E-state index contributed by atoms with van der Waals surface area (Å²) in [4.78, 5) is 15.4. The number of aromatic nitrogens is 1. The van der Waals surface area contributed by atoms with Gasteiger partial charge in [-0.15, -0.1) is 0 Å². The van der Waals surface area contributed by atoms with Gasteiger partial charge in [-0.1, -0.05) is 0 Å². The van der Waals surface area contributed by atoms with Crippen LogP contribution in [0.3, 0.4) is 0 Å². The highest BCUT2D eigenvalue weighted by atomic mass is 127. The van der Waals surface area contributed by atoms with Crippen LogP contribution in [0.1, 0.15) is 5.76 Å². The van der Waals surface area contributed by atoms with Gasteiger partial charge >= 0.3 is 0 Å². The fraction of sp³-hybridized carbons (Fsp3) is 0.0909. The van der Waals surface area contributed by atoms with Crippen molar-refractivity contribution in [3.8, 4) is 0 Å². The van der Waals surface area contributed by atoms with Gasteiger partial charge in [-0.25, -0.2) is 9.37 Å². The molecular formula is C11H8FIN2O2. The van der Waals surface area contributed by atoms with E-state index in [0.29, 0.717) is 15.1 Å². The molecule has 0 aliphatic rings. The predicted octanol–water partition coefficient (Wildman–Crippen LogP) is 2.60. The second kappa shape index (κ2) is 5.26. The summed E-state index contributed by atoms with van der Waals surface area (Å²) < 4.78 is 18.4. The second-order valence-corrected chi connectivity index (χ2v) is 4.45. The molecule has 2 rings (SSSR count). The number of pyridine rings is 1. The van der Waals surface area contributed by atoms with Crippen LogP contribution in [0.25, 0.3) is 0 Å². The predicted molar refractivity (Wildman–Crippen MR) is 68.0 cm³/mol. The molecule has 1 amide bonds. The molecule has 6 heteroatoms. The van der Waals surface area contributed by atoms with E-state index in [-0.39, 0.29) is 12.3 Å². The number of amides is 1. The van der Waals surface area contributed by atoms with Crippen molar-refractivity contribution >= 4 is 34.3 Å². The third kappa shape index (κ3) is 3.26. The van der Waals surface area contributed by atoms with Crippen molar-refractivity contribution in [1.82, 2.24) is 4.98 Å². The summed E-state index contributed by atoms with van der Waals surface area (Å²) in [5, 5.41) is 2.59. The summed E-state index contributed by atoms with van der Waals surface area (Å²) in [7, 11) is 0. The van der Waals surface area contributed by atoms with E-state index in [2.05, 4.69) is 10.3 Å². The number of halogens is 2. The Morgan fingerprint density at radius 2 is 2.41 bits per heavy atom. The van der Waals surface area contributed by atoms with Crippen LogP contribution in [0.15, 0.2) is 35.1 Å². The van der Waals surface area contributed by atoms with Gasteiger partial charge in [0.25, 0.3) is 0 Å². The number of rotatable bonds is 3. The minimum Gasteiger partial charge on any atom is -0.469 e. The molecular weight excluding hydrogens is 338 g/mol. The first-order chi connectivity index (χ1) is 8.15. The number of furan rings is 1. The standard InChI is InChI=1S/C11H8FIN2O2/c12-7-4-9(13)11(14-6-7)15-10(16)5-8-2-1-3-17-8/h1-4,6H,5H2,(H,14,15,16). The van der Waals surface area contributed by atoms with Gasteiger partial charge in [0.2, 0.25) is 5.91 Å². The van der Waals surface area contributed by atoms with E-state index in [0.717, 1.165) is 6.20 Å². The zero-order valence-electron chi connectivity index (χ0n) is 8.61. The Bertz CT molecular complexity index is 528. The van der Waals surface area contributed by atoms with Crippen LogP contribution in [0.4, 0.5) is 10.2 Å². The SMILES string of the molecule is O=C(Cc1ccco1)Nc1ncc(F)cc1I. The third-order valence-corrected chi connectivity index (χ3v) is 2.80. The zero-order valence-corrected chi connectivity index (χ0v) is 10.8. The van der Waals surface area contributed by atoms with Crippen molar-refractivity contribution in [1.29, 1.82) is 0 Å². The molecule has 0 saturated heterocycles. The molecule has 17 heavy (non-hydrogen) atoms. The van der Waals surface area contributed by atoms with Gasteiger partial charge in [0.1, 0.15) is 17.4 Å². The molecule has 0 aliphatic heterocycles. The summed E-state index contributed by atoms with van der Waals surface area (Å²) in [5.41, 5.74) is 0. The lowest BCUT2D eigenvalue weighted by Crippen LogP contribution is -2.16. The molecule has 0 saturated carbocycles. The molecule has 2 heterocycles. The highest BCUT2D eigenvalue weighted by molar-refractivity contribution is 14.1. The Kier molecular flexibility index (Phi) is 3.72. The first kappa shape index (κ1) is 12.0. The number of nitrogens with zero attached hydrogens (tertiary/aromatic N) is 1. The van der Waals surface area contributed by atoms with E-state index in [1.54, 1.807) is 12.1 Å². The molecule has 0 bridgehead atoms. The molecule has 88 valence electrons. The Morgan fingerprint density at radius 3 is 3.06 bits per heavy atom. The van der Waals surface area contributed by atoms with Crippen molar-refractivity contribution in [3.05, 3.63) is 45.8 Å². The zero-order chi connectivity index (χ0) is 12.3. The highest BCUT2D eigenvalue weighted by Gasteiger charge is 2.09. The largest absolute Gasteiger partial charge is 0.469 e. The number of anilines is 1. The van der Waals surface area contributed by atoms with Crippen LogP contribution in [-0.4, -0.2) is 10.9 Å². The molecule has 4 nitrogen and oxygen atoms in total. The van der Waals surface area contributed by atoms with Gasteiger partial charge in [0, 0.05) is 0 Å². The third-order valence-electron chi connectivity index (χ3n) is 1.98. The van der Waals surface area contributed by atoms with Gasteiger partial charge in [0.05, 0.1) is 22.5 Å². The fourth-order valence-corrected chi connectivity index (χ4v) is 1.83. The van der Waals surface area contributed by atoms with Gasteiger partial charge in [-0.2, -0.15) is 0 Å². The lowest BCUT2D eigenvalue weighted by atomic mass is 10.3. The van der Waals surface area contributed by atoms with Crippen molar-refractivity contribution in [2.45, 2.75) is 6.42 Å². The van der Waals surface area contributed by atoms with Gasteiger partial charge in [-0.3, -0.25) is 4.79 Å². The van der Waals surface area contributed by atoms with E-state index < -0.39 is 5.82 Å². The molecule has 2 aromatic rings. The van der Waals surface area contributed by atoms with E-state index in [1.807, 2.05) is 22.6 Å². The quantitative estimate of drug-likeness (QED) is 0.870. The number of carbonyl (C=O) groups is 1. The first-order valence-corrected chi connectivity index (χ1v) is 5.86. The molecule has 1 N–H and O–H groups in total. The number of hydrogen-bond donors (Lipinski definition) is 1. The maximum absolute atomic E-state index is 12.8. The van der Waals surface area contributed by atoms with E-state index >= 15 is 0 Å². The molecule has 0 atom stereocenters. The molecule has 2 aromatic heterocycles. The van der Waals surface area contributed by atoms with E-state index in [1.165, 1.54) is 12.3 Å². The molecule has 0 aromatic carbocycles. The second-order valence-electron chi connectivity index (χ2n) is 3.29.